The lowest BCUT2D eigenvalue weighted by Crippen LogP contribution is -2.13. The third-order valence-corrected chi connectivity index (χ3v) is 7.30. The van der Waals surface area contributed by atoms with Gasteiger partial charge in [-0.15, -0.1) is 0 Å². The molecule has 6 aromatic carbocycles. The minimum atomic E-state index is 1.11. The van der Waals surface area contributed by atoms with Gasteiger partial charge in [-0.2, -0.15) is 0 Å². The van der Waals surface area contributed by atoms with E-state index in [1.807, 2.05) is 18.2 Å². The van der Waals surface area contributed by atoms with Gasteiger partial charge >= 0.3 is 0 Å². The number of rotatable bonds is 9. The van der Waals surface area contributed by atoms with Crippen LogP contribution in [0, 0.1) is 0 Å². The Morgan fingerprint density at radius 2 is 0.512 bits per heavy atom. The van der Waals surface area contributed by atoms with Crippen molar-refractivity contribution in [3.05, 3.63) is 197 Å². The summed E-state index contributed by atoms with van der Waals surface area (Å²) in [7, 11) is 0. The Morgan fingerprint density at radius 1 is 0.256 bits per heavy atom. The maximum Gasteiger partial charge on any atom is 0.0534 e. The largest absolute Gasteiger partial charge is 0.309 e. The van der Waals surface area contributed by atoms with E-state index in [0.29, 0.717) is 0 Å². The van der Waals surface area contributed by atoms with Crippen LogP contribution in [0.25, 0.3) is 36.5 Å². The normalized spacial score (nSPS) is 11.4. The molecule has 0 N–H and O–H groups in total. The Hall–Kier alpha value is -5.66. The van der Waals surface area contributed by atoms with Crippen LogP contribution in [-0.2, 0) is 0 Å². The summed E-state index contributed by atoms with van der Waals surface area (Å²) in [6.07, 6.45) is 13.2. The first-order chi connectivity index (χ1) is 21.3. The maximum absolute atomic E-state index is 2.39. The molecule has 0 saturated heterocycles. The standard InChI is InChI=1S/C42H33N/c1-4-16-34(17-5-1)28-31-37-22-10-13-25-40(37)43(41-26-14-11-23-38(41)32-29-35-18-6-2-7-19-35)42-27-15-12-24-39(42)33-30-36-20-8-3-9-21-36/h1-33H. The highest BCUT2D eigenvalue weighted by molar-refractivity contribution is 5.92. The van der Waals surface area contributed by atoms with Crippen LogP contribution in [0.1, 0.15) is 33.4 Å². The molecule has 0 bridgehead atoms. The molecule has 1 nitrogen and oxygen atoms in total. The molecule has 6 rings (SSSR count). The van der Waals surface area contributed by atoms with Gasteiger partial charge in [-0.3, -0.25) is 0 Å². The molecule has 6 aromatic rings. The monoisotopic (exact) mass is 551 g/mol. The van der Waals surface area contributed by atoms with E-state index in [9.17, 15) is 0 Å². The van der Waals surface area contributed by atoms with Crippen LogP contribution in [0.3, 0.4) is 0 Å². The number of hydrogen-bond donors (Lipinski definition) is 0. The molecular weight excluding hydrogens is 518 g/mol. The van der Waals surface area contributed by atoms with Crippen LogP contribution in [0.2, 0.25) is 0 Å². The van der Waals surface area contributed by atoms with Gasteiger partial charge in [0.25, 0.3) is 0 Å². The van der Waals surface area contributed by atoms with Crippen molar-refractivity contribution < 1.29 is 0 Å². The van der Waals surface area contributed by atoms with E-state index < -0.39 is 0 Å². The summed E-state index contributed by atoms with van der Waals surface area (Å²) in [5.74, 6) is 0. The van der Waals surface area contributed by atoms with Gasteiger partial charge in [0, 0.05) is 0 Å². The number of anilines is 3. The molecule has 1 heteroatoms. The fourth-order valence-electron chi connectivity index (χ4n) is 5.14. The zero-order valence-corrected chi connectivity index (χ0v) is 24.0. The smallest absolute Gasteiger partial charge is 0.0534 e. The molecule has 0 aliphatic rings. The van der Waals surface area contributed by atoms with Crippen LogP contribution in [0.4, 0.5) is 17.1 Å². The molecule has 0 aliphatic carbocycles. The average molecular weight is 552 g/mol. The Labute approximate surface area is 255 Å². The second kappa shape index (κ2) is 13.8. The van der Waals surface area contributed by atoms with Crippen molar-refractivity contribution in [2.24, 2.45) is 0 Å². The van der Waals surface area contributed by atoms with E-state index in [-0.39, 0.29) is 0 Å². The number of nitrogens with zero attached hydrogens (tertiary/aromatic N) is 1. The molecule has 0 unspecified atom stereocenters. The van der Waals surface area contributed by atoms with Gasteiger partial charge in [0.2, 0.25) is 0 Å². The fraction of sp³-hybridized carbons (Fsp3) is 0. The third kappa shape index (κ3) is 6.98. The van der Waals surface area contributed by atoms with E-state index in [1.54, 1.807) is 0 Å². The summed E-state index contributed by atoms with van der Waals surface area (Å²) >= 11 is 0. The fourth-order valence-corrected chi connectivity index (χ4v) is 5.14. The molecule has 0 amide bonds. The van der Waals surface area contributed by atoms with Crippen LogP contribution in [0.5, 0.6) is 0 Å². The van der Waals surface area contributed by atoms with E-state index in [2.05, 4.69) is 187 Å². The molecular formula is C42H33N. The van der Waals surface area contributed by atoms with Crippen molar-refractivity contribution in [3.8, 4) is 0 Å². The van der Waals surface area contributed by atoms with Crippen molar-refractivity contribution in [3.63, 3.8) is 0 Å². The highest BCUT2D eigenvalue weighted by Crippen LogP contribution is 2.41. The third-order valence-electron chi connectivity index (χ3n) is 7.30. The summed E-state index contributed by atoms with van der Waals surface area (Å²) in [5.41, 5.74) is 10.2. The summed E-state index contributed by atoms with van der Waals surface area (Å²) in [4.78, 5) is 2.39. The molecule has 0 heterocycles. The van der Waals surface area contributed by atoms with E-state index in [0.717, 1.165) is 33.8 Å². The van der Waals surface area contributed by atoms with Gasteiger partial charge < -0.3 is 4.90 Å². The predicted molar refractivity (Wildman–Crippen MR) is 187 cm³/mol. The first-order valence-electron chi connectivity index (χ1n) is 14.6. The van der Waals surface area contributed by atoms with Crippen LogP contribution in [-0.4, -0.2) is 0 Å². The first kappa shape index (κ1) is 27.5. The SMILES string of the molecule is C(=Cc1ccccc1N(c1ccccc1C=Cc1ccccc1)c1ccccc1C=Cc1ccccc1)c1ccccc1. The van der Waals surface area contributed by atoms with Crippen molar-refractivity contribution >= 4 is 53.5 Å². The van der Waals surface area contributed by atoms with E-state index in [1.165, 1.54) is 16.7 Å². The first-order valence-corrected chi connectivity index (χ1v) is 14.6. The summed E-state index contributed by atoms with van der Waals surface area (Å²) in [6, 6.07) is 57.2. The lowest BCUT2D eigenvalue weighted by Gasteiger charge is -2.30. The Kier molecular flexibility index (Phi) is 8.83. The average Bonchev–Trinajstić information content (AvgIpc) is 3.08. The van der Waals surface area contributed by atoms with Gasteiger partial charge in [0.15, 0.2) is 0 Å². The minimum absolute atomic E-state index is 1.11. The summed E-state index contributed by atoms with van der Waals surface area (Å²) < 4.78 is 0. The molecule has 0 radical (unpaired) electrons. The zero-order valence-electron chi connectivity index (χ0n) is 24.0. The highest BCUT2D eigenvalue weighted by atomic mass is 15.1. The highest BCUT2D eigenvalue weighted by Gasteiger charge is 2.19. The van der Waals surface area contributed by atoms with Gasteiger partial charge in [0.1, 0.15) is 0 Å². The quantitative estimate of drug-likeness (QED) is 0.162. The molecule has 0 aliphatic heterocycles. The molecule has 0 spiro atoms. The number of hydrogen-bond acceptors (Lipinski definition) is 1. The Bertz CT molecular complexity index is 1630. The van der Waals surface area contributed by atoms with E-state index >= 15 is 0 Å². The van der Waals surface area contributed by atoms with Crippen molar-refractivity contribution in [1.82, 2.24) is 0 Å². The summed E-state index contributed by atoms with van der Waals surface area (Å²) in [6.45, 7) is 0. The maximum atomic E-state index is 2.39. The Morgan fingerprint density at radius 3 is 0.814 bits per heavy atom. The van der Waals surface area contributed by atoms with Gasteiger partial charge in [-0.1, -0.05) is 182 Å². The zero-order chi connectivity index (χ0) is 29.1. The van der Waals surface area contributed by atoms with Gasteiger partial charge in [-0.05, 0) is 51.6 Å². The number of para-hydroxylation sites is 3. The van der Waals surface area contributed by atoms with Crippen LogP contribution >= 0.6 is 0 Å². The molecule has 0 saturated carbocycles. The topological polar surface area (TPSA) is 3.24 Å². The van der Waals surface area contributed by atoms with Crippen molar-refractivity contribution in [2.75, 3.05) is 4.90 Å². The summed E-state index contributed by atoms with van der Waals surface area (Å²) in [5, 5.41) is 0. The molecule has 0 aromatic heterocycles. The molecule has 0 atom stereocenters. The minimum Gasteiger partial charge on any atom is -0.309 e. The second-order valence-corrected chi connectivity index (χ2v) is 10.2. The Balaban J connectivity index is 1.51. The predicted octanol–water partition coefficient (Wildman–Crippen LogP) is 11.7. The van der Waals surface area contributed by atoms with E-state index in [4.69, 9.17) is 0 Å². The number of benzene rings is 6. The molecule has 0 fully saturated rings. The van der Waals surface area contributed by atoms with Crippen molar-refractivity contribution in [2.45, 2.75) is 0 Å². The van der Waals surface area contributed by atoms with Gasteiger partial charge in [0.05, 0.1) is 17.1 Å². The van der Waals surface area contributed by atoms with Crippen LogP contribution in [0.15, 0.2) is 164 Å². The second-order valence-electron chi connectivity index (χ2n) is 10.2. The lowest BCUT2D eigenvalue weighted by atomic mass is 10.0. The van der Waals surface area contributed by atoms with Crippen LogP contribution < -0.4 is 4.90 Å². The molecule has 43 heavy (non-hydrogen) atoms. The molecule has 206 valence electrons. The van der Waals surface area contributed by atoms with Gasteiger partial charge in [-0.25, -0.2) is 0 Å². The lowest BCUT2D eigenvalue weighted by molar-refractivity contribution is 1.26. The van der Waals surface area contributed by atoms with Crippen molar-refractivity contribution in [1.29, 1.82) is 0 Å².